The number of nitrogens with one attached hydrogen (secondary N) is 2. The molecule has 0 bridgehead atoms. The number of thiophene rings is 1. The van der Waals surface area contributed by atoms with Crippen molar-refractivity contribution in [1.82, 2.24) is 5.32 Å². The van der Waals surface area contributed by atoms with Gasteiger partial charge in [-0.05, 0) is 53.3 Å². The van der Waals surface area contributed by atoms with Gasteiger partial charge < -0.3 is 20.3 Å². The molecule has 1 aliphatic rings. The first-order chi connectivity index (χ1) is 14.7. The van der Waals surface area contributed by atoms with Crippen LogP contribution in [0.25, 0.3) is 0 Å². The first kappa shape index (κ1) is 20.0. The van der Waals surface area contributed by atoms with Crippen LogP contribution in [0.15, 0.2) is 66.0 Å². The van der Waals surface area contributed by atoms with Crippen molar-refractivity contribution in [2.75, 3.05) is 23.3 Å². The standard InChI is InChI=1S/C23H23N3O3S/c27-22(14-24-23(28)29-16-17-4-2-1-3-5-17)25-19-6-8-20(9-7-19)26-12-10-21-18(15-26)11-13-30-21/h1-9,11,13H,10,12,14-16H2,(H,24,28)(H,25,27). The van der Waals surface area contributed by atoms with Gasteiger partial charge in [0.25, 0.3) is 0 Å². The number of anilines is 2. The Bertz CT molecular complexity index is 1000. The number of hydrogen-bond donors (Lipinski definition) is 2. The minimum atomic E-state index is -0.623. The van der Waals surface area contributed by atoms with E-state index in [1.54, 1.807) is 0 Å². The Labute approximate surface area is 179 Å². The maximum Gasteiger partial charge on any atom is 0.407 e. The van der Waals surface area contributed by atoms with Gasteiger partial charge in [0.15, 0.2) is 0 Å². The van der Waals surface area contributed by atoms with Crippen molar-refractivity contribution >= 4 is 34.7 Å². The van der Waals surface area contributed by atoms with Gasteiger partial charge >= 0.3 is 6.09 Å². The van der Waals surface area contributed by atoms with E-state index in [0.717, 1.165) is 30.8 Å². The van der Waals surface area contributed by atoms with E-state index in [1.807, 2.05) is 65.9 Å². The molecule has 2 aromatic carbocycles. The van der Waals surface area contributed by atoms with Crippen molar-refractivity contribution in [2.45, 2.75) is 19.6 Å². The van der Waals surface area contributed by atoms with Gasteiger partial charge in [-0.3, -0.25) is 4.79 Å². The molecule has 0 saturated carbocycles. The van der Waals surface area contributed by atoms with Crippen LogP contribution in [0, 0.1) is 0 Å². The Kier molecular flexibility index (Phi) is 6.29. The Hall–Kier alpha value is -3.32. The van der Waals surface area contributed by atoms with Crippen molar-refractivity contribution in [2.24, 2.45) is 0 Å². The fourth-order valence-corrected chi connectivity index (χ4v) is 4.25. The molecule has 4 rings (SSSR count). The van der Waals surface area contributed by atoms with Crippen molar-refractivity contribution in [3.63, 3.8) is 0 Å². The molecular weight excluding hydrogens is 398 g/mol. The third-order valence-electron chi connectivity index (χ3n) is 4.93. The van der Waals surface area contributed by atoms with Crippen LogP contribution in [-0.2, 0) is 29.1 Å². The molecule has 0 aliphatic carbocycles. The highest BCUT2D eigenvalue weighted by molar-refractivity contribution is 7.10. The van der Waals surface area contributed by atoms with Gasteiger partial charge in [0, 0.05) is 29.3 Å². The van der Waals surface area contributed by atoms with Gasteiger partial charge in [-0.25, -0.2) is 4.79 Å². The number of nitrogens with zero attached hydrogens (tertiary/aromatic N) is 1. The molecule has 2 amide bonds. The Balaban J connectivity index is 1.21. The molecule has 0 unspecified atom stereocenters. The predicted octanol–water partition coefficient (Wildman–Crippen LogP) is 4.18. The Morgan fingerprint density at radius 2 is 1.83 bits per heavy atom. The monoisotopic (exact) mass is 421 g/mol. The van der Waals surface area contributed by atoms with Gasteiger partial charge in [-0.1, -0.05) is 30.3 Å². The molecule has 2 heterocycles. The van der Waals surface area contributed by atoms with Crippen LogP contribution in [0.3, 0.4) is 0 Å². The van der Waals surface area contributed by atoms with Crippen molar-refractivity contribution in [3.05, 3.63) is 82.0 Å². The van der Waals surface area contributed by atoms with Crippen LogP contribution < -0.4 is 15.5 Å². The van der Waals surface area contributed by atoms with Crippen molar-refractivity contribution in [3.8, 4) is 0 Å². The molecule has 30 heavy (non-hydrogen) atoms. The summed E-state index contributed by atoms with van der Waals surface area (Å²) in [5.74, 6) is -0.305. The lowest BCUT2D eigenvalue weighted by Crippen LogP contribution is -2.33. The molecule has 0 spiro atoms. The summed E-state index contributed by atoms with van der Waals surface area (Å²) in [6, 6.07) is 19.3. The second-order valence-corrected chi connectivity index (χ2v) is 8.05. The number of amides is 2. The number of fused-ring (bicyclic) bond motifs is 1. The number of hydrogen-bond acceptors (Lipinski definition) is 5. The number of carbonyl (C=O) groups excluding carboxylic acids is 2. The lowest BCUT2D eigenvalue weighted by molar-refractivity contribution is -0.115. The molecule has 0 atom stereocenters. The second-order valence-electron chi connectivity index (χ2n) is 7.05. The summed E-state index contributed by atoms with van der Waals surface area (Å²) in [5.41, 5.74) is 4.11. The molecule has 7 heteroatoms. The minimum Gasteiger partial charge on any atom is -0.445 e. The van der Waals surface area contributed by atoms with Crippen LogP contribution in [0.4, 0.5) is 16.2 Å². The Morgan fingerprint density at radius 1 is 1.03 bits per heavy atom. The van der Waals surface area contributed by atoms with Gasteiger partial charge in [0.2, 0.25) is 5.91 Å². The van der Waals surface area contributed by atoms with E-state index in [9.17, 15) is 9.59 Å². The van der Waals surface area contributed by atoms with Gasteiger partial charge in [-0.15, -0.1) is 11.3 Å². The first-order valence-electron chi connectivity index (χ1n) is 9.82. The minimum absolute atomic E-state index is 0.150. The summed E-state index contributed by atoms with van der Waals surface area (Å²) in [4.78, 5) is 27.7. The number of rotatable bonds is 6. The zero-order valence-corrected chi connectivity index (χ0v) is 17.3. The summed E-state index contributed by atoms with van der Waals surface area (Å²) in [6.07, 6.45) is 0.444. The van der Waals surface area contributed by atoms with E-state index >= 15 is 0 Å². The molecule has 0 radical (unpaired) electrons. The summed E-state index contributed by atoms with van der Waals surface area (Å²) in [6.45, 7) is 1.93. The first-order valence-corrected chi connectivity index (χ1v) is 10.7. The fraction of sp³-hybridized carbons (Fsp3) is 0.217. The van der Waals surface area contributed by atoms with E-state index in [-0.39, 0.29) is 19.1 Å². The quantitative estimate of drug-likeness (QED) is 0.627. The van der Waals surface area contributed by atoms with Crippen LogP contribution >= 0.6 is 11.3 Å². The average Bonchev–Trinajstić information content (AvgIpc) is 3.25. The SMILES string of the molecule is O=C(CNC(=O)OCc1ccccc1)Nc1ccc(N2CCc3sccc3C2)cc1. The highest BCUT2D eigenvalue weighted by atomic mass is 32.1. The molecule has 1 aromatic heterocycles. The fourth-order valence-electron chi connectivity index (χ4n) is 3.36. The van der Waals surface area contributed by atoms with Gasteiger partial charge in [0.1, 0.15) is 13.2 Å². The van der Waals surface area contributed by atoms with E-state index in [4.69, 9.17) is 4.74 Å². The zero-order valence-electron chi connectivity index (χ0n) is 16.5. The second kappa shape index (κ2) is 9.45. The normalized spacial score (nSPS) is 12.7. The topological polar surface area (TPSA) is 70.7 Å². The predicted molar refractivity (Wildman–Crippen MR) is 119 cm³/mol. The molecular formula is C23H23N3O3S. The van der Waals surface area contributed by atoms with E-state index in [1.165, 1.54) is 10.4 Å². The largest absolute Gasteiger partial charge is 0.445 e. The van der Waals surface area contributed by atoms with Gasteiger partial charge in [-0.2, -0.15) is 0 Å². The van der Waals surface area contributed by atoms with Crippen molar-refractivity contribution < 1.29 is 14.3 Å². The maximum absolute atomic E-state index is 12.1. The summed E-state index contributed by atoms with van der Waals surface area (Å²) < 4.78 is 5.10. The van der Waals surface area contributed by atoms with Crippen LogP contribution in [0.1, 0.15) is 16.0 Å². The van der Waals surface area contributed by atoms with E-state index in [2.05, 4.69) is 27.0 Å². The lowest BCUT2D eigenvalue weighted by Gasteiger charge is -2.29. The smallest absolute Gasteiger partial charge is 0.407 e. The van der Waals surface area contributed by atoms with E-state index < -0.39 is 6.09 Å². The van der Waals surface area contributed by atoms with Crippen LogP contribution in [0.2, 0.25) is 0 Å². The summed E-state index contributed by atoms with van der Waals surface area (Å²) in [7, 11) is 0. The van der Waals surface area contributed by atoms with Crippen LogP contribution in [-0.4, -0.2) is 25.1 Å². The molecule has 2 N–H and O–H groups in total. The molecule has 0 fully saturated rings. The molecule has 154 valence electrons. The lowest BCUT2D eigenvalue weighted by atomic mass is 10.1. The highest BCUT2D eigenvalue weighted by Gasteiger charge is 2.17. The third-order valence-corrected chi connectivity index (χ3v) is 5.95. The highest BCUT2D eigenvalue weighted by Crippen LogP contribution is 2.28. The Morgan fingerprint density at radius 3 is 2.63 bits per heavy atom. The number of carbonyl (C=O) groups is 2. The van der Waals surface area contributed by atoms with Crippen LogP contribution in [0.5, 0.6) is 0 Å². The number of benzene rings is 2. The third kappa shape index (κ3) is 5.18. The summed E-state index contributed by atoms with van der Waals surface area (Å²) >= 11 is 1.83. The molecule has 1 aliphatic heterocycles. The summed E-state index contributed by atoms with van der Waals surface area (Å²) in [5, 5.41) is 7.40. The molecule has 0 saturated heterocycles. The molecule has 6 nitrogen and oxygen atoms in total. The number of alkyl carbamates (subject to hydrolysis) is 1. The molecule has 3 aromatic rings. The zero-order chi connectivity index (χ0) is 20.8. The number of ether oxygens (including phenoxy) is 1. The van der Waals surface area contributed by atoms with Crippen molar-refractivity contribution in [1.29, 1.82) is 0 Å². The van der Waals surface area contributed by atoms with Gasteiger partial charge in [0.05, 0.1) is 0 Å². The maximum atomic E-state index is 12.1. The average molecular weight is 422 g/mol. The van der Waals surface area contributed by atoms with E-state index in [0.29, 0.717) is 5.69 Å².